The zero-order chi connectivity index (χ0) is 19.8. The van der Waals surface area contributed by atoms with Gasteiger partial charge in [0.15, 0.2) is 5.17 Å². The van der Waals surface area contributed by atoms with E-state index >= 15 is 0 Å². The summed E-state index contributed by atoms with van der Waals surface area (Å²) in [7, 11) is 0. The highest BCUT2D eigenvalue weighted by Crippen LogP contribution is 2.21. The lowest BCUT2D eigenvalue weighted by Gasteiger charge is -2.16. The molecular formula is C22H22N4OS. The molecule has 1 N–H and O–H groups in total. The summed E-state index contributed by atoms with van der Waals surface area (Å²) in [6.45, 7) is 3.78. The molecular weight excluding hydrogens is 368 g/mol. The number of hydrogen-bond acceptors (Lipinski definition) is 4. The first-order chi connectivity index (χ1) is 13.7. The minimum absolute atomic E-state index is 0.0887. The van der Waals surface area contributed by atoms with Gasteiger partial charge in [-0.1, -0.05) is 48.2 Å². The Labute approximate surface area is 169 Å². The number of amidine groups is 1. The quantitative estimate of drug-likeness (QED) is 0.377. The van der Waals surface area contributed by atoms with E-state index in [1.807, 2.05) is 71.6 Å². The van der Waals surface area contributed by atoms with Crippen molar-refractivity contribution in [2.75, 3.05) is 6.26 Å². The number of rotatable bonds is 6. The van der Waals surface area contributed by atoms with Crippen LogP contribution in [0.5, 0.6) is 0 Å². The third kappa shape index (κ3) is 4.98. The molecule has 0 radical (unpaired) electrons. The highest BCUT2D eigenvalue weighted by Gasteiger charge is 2.20. The summed E-state index contributed by atoms with van der Waals surface area (Å²) in [5.74, 6) is -0.381. The van der Waals surface area contributed by atoms with Gasteiger partial charge in [0.25, 0.3) is 0 Å². The topological polar surface area (TPSA) is 59.3 Å². The van der Waals surface area contributed by atoms with Crippen molar-refractivity contribution in [3.05, 3.63) is 91.5 Å². The molecule has 1 aromatic heterocycles. The van der Waals surface area contributed by atoms with Crippen molar-refractivity contribution in [2.24, 2.45) is 4.99 Å². The van der Waals surface area contributed by atoms with E-state index in [1.54, 1.807) is 18.6 Å². The van der Waals surface area contributed by atoms with Crippen LogP contribution in [0.25, 0.3) is 5.69 Å². The molecule has 3 rings (SSSR count). The molecule has 5 nitrogen and oxygen atoms in total. The second-order valence-corrected chi connectivity index (χ2v) is 6.88. The molecule has 3 aromatic rings. The summed E-state index contributed by atoms with van der Waals surface area (Å²) in [5, 5.41) is 3.51. The fourth-order valence-corrected chi connectivity index (χ4v) is 3.19. The SMILES string of the molecule is C=CCC(C(=O)N/C(=N/c1ccc(-n2ccnc2)cc1)SC)c1ccccc1. The van der Waals surface area contributed by atoms with E-state index in [1.165, 1.54) is 11.8 Å². The van der Waals surface area contributed by atoms with Gasteiger partial charge < -0.3 is 9.88 Å². The molecule has 0 fully saturated rings. The number of aliphatic imine (C=N–C) groups is 1. The first-order valence-electron chi connectivity index (χ1n) is 8.89. The molecule has 0 bridgehead atoms. The van der Waals surface area contributed by atoms with Gasteiger partial charge in [0.1, 0.15) is 0 Å². The average Bonchev–Trinajstić information content (AvgIpc) is 3.27. The monoisotopic (exact) mass is 390 g/mol. The van der Waals surface area contributed by atoms with Crippen molar-refractivity contribution in [1.29, 1.82) is 0 Å². The van der Waals surface area contributed by atoms with Crippen molar-refractivity contribution in [1.82, 2.24) is 14.9 Å². The minimum atomic E-state index is -0.292. The van der Waals surface area contributed by atoms with Crippen LogP contribution < -0.4 is 5.32 Å². The van der Waals surface area contributed by atoms with Crippen molar-refractivity contribution in [2.45, 2.75) is 12.3 Å². The van der Waals surface area contributed by atoms with Gasteiger partial charge in [0, 0.05) is 18.1 Å². The van der Waals surface area contributed by atoms with Gasteiger partial charge >= 0.3 is 0 Å². The smallest absolute Gasteiger partial charge is 0.233 e. The number of carbonyl (C=O) groups excluding carboxylic acids is 1. The molecule has 1 unspecified atom stereocenters. The van der Waals surface area contributed by atoms with E-state index in [-0.39, 0.29) is 11.8 Å². The van der Waals surface area contributed by atoms with Crippen molar-refractivity contribution < 1.29 is 4.79 Å². The number of thioether (sulfide) groups is 1. The fraction of sp³-hybridized carbons (Fsp3) is 0.136. The number of nitrogens with zero attached hydrogens (tertiary/aromatic N) is 3. The molecule has 2 aromatic carbocycles. The van der Waals surface area contributed by atoms with Crippen LogP contribution in [0.2, 0.25) is 0 Å². The summed E-state index contributed by atoms with van der Waals surface area (Å²) >= 11 is 1.40. The van der Waals surface area contributed by atoms with Crippen LogP contribution in [0.15, 0.2) is 91.0 Å². The second kappa shape index (κ2) is 9.71. The highest BCUT2D eigenvalue weighted by molar-refractivity contribution is 8.13. The van der Waals surface area contributed by atoms with Crippen LogP contribution in [-0.4, -0.2) is 26.9 Å². The van der Waals surface area contributed by atoms with Gasteiger partial charge in [0.2, 0.25) is 5.91 Å². The largest absolute Gasteiger partial charge is 0.306 e. The zero-order valence-electron chi connectivity index (χ0n) is 15.7. The van der Waals surface area contributed by atoms with Gasteiger partial charge in [-0.15, -0.1) is 6.58 Å². The Morgan fingerprint density at radius 3 is 2.61 bits per heavy atom. The van der Waals surface area contributed by atoms with Gasteiger partial charge in [0.05, 0.1) is 17.9 Å². The van der Waals surface area contributed by atoms with Crippen LogP contribution in [0.1, 0.15) is 17.9 Å². The first kappa shape index (κ1) is 19.6. The number of amides is 1. The third-order valence-electron chi connectivity index (χ3n) is 4.23. The number of benzene rings is 2. The molecule has 1 heterocycles. The minimum Gasteiger partial charge on any atom is -0.306 e. The maximum absolute atomic E-state index is 12.8. The summed E-state index contributed by atoms with van der Waals surface area (Å²) in [5.41, 5.74) is 2.74. The lowest BCUT2D eigenvalue weighted by Crippen LogP contribution is -2.32. The molecule has 1 amide bonds. The number of aromatic nitrogens is 2. The Bertz CT molecular complexity index is 934. The van der Waals surface area contributed by atoms with Crippen LogP contribution in [-0.2, 0) is 4.79 Å². The van der Waals surface area contributed by atoms with Gasteiger partial charge in [-0.05, 0) is 42.5 Å². The lowest BCUT2D eigenvalue weighted by atomic mass is 9.95. The zero-order valence-corrected chi connectivity index (χ0v) is 16.5. The van der Waals surface area contributed by atoms with Crippen molar-refractivity contribution in [3.63, 3.8) is 0 Å². The van der Waals surface area contributed by atoms with Crippen LogP contribution in [0.3, 0.4) is 0 Å². The van der Waals surface area contributed by atoms with E-state index in [0.717, 1.165) is 16.9 Å². The van der Waals surface area contributed by atoms with E-state index in [2.05, 4.69) is 21.9 Å². The molecule has 142 valence electrons. The fourth-order valence-electron chi connectivity index (χ4n) is 2.79. The molecule has 6 heteroatoms. The maximum Gasteiger partial charge on any atom is 0.233 e. The Hall–Kier alpha value is -3.12. The Morgan fingerprint density at radius 1 is 1.25 bits per heavy atom. The van der Waals surface area contributed by atoms with E-state index in [4.69, 9.17) is 0 Å². The molecule has 0 aliphatic rings. The predicted octanol–water partition coefficient (Wildman–Crippen LogP) is 4.70. The Kier molecular flexibility index (Phi) is 6.81. The van der Waals surface area contributed by atoms with Crippen LogP contribution in [0, 0.1) is 0 Å². The standard InChI is InChI=1S/C22H22N4OS/c1-3-7-20(17-8-5-4-6-9-17)21(27)25-22(28-2)24-18-10-12-19(13-11-18)26-15-14-23-16-26/h3-6,8-16,20H,1,7H2,2H3,(H,24,25,27). The van der Waals surface area contributed by atoms with E-state index in [0.29, 0.717) is 11.6 Å². The van der Waals surface area contributed by atoms with Gasteiger partial charge in [-0.2, -0.15) is 0 Å². The van der Waals surface area contributed by atoms with Crippen molar-refractivity contribution >= 4 is 28.5 Å². The molecule has 0 aliphatic heterocycles. The van der Waals surface area contributed by atoms with Crippen LogP contribution >= 0.6 is 11.8 Å². The summed E-state index contributed by atoms with van der Waals surface area (Å²) in [6.07, 6.45) is 9.59. The predicted molar refractivity (Wildman–Crippen MR) is 116 cm³/mol. The number of nitrogens with one attached hydrogen (secondary N) is 1. The number of allylic oxidation sites excluding steroid dienone is 1. The molecule has 0 spiro atoms. The Morgan fingerprint density at radius 2 is 2.00 bits per heavy atom. The molecule has 0 saturated heterocycles. The third-order valence-corrected chi connectivity index (χ3v) is 4.81. The van der Waals surface area contributed by atoms with E-state index < -0.39 is 0 Å². The van der Waals surface area contributed by atoms with Crippen LogP contribution in [0.4, 0.5) is 5.69 Å². The van der Waals surface area contributed by atoms with E-state index in [9.17, 15) is 4.79 Å². The maximum atomic E-state index is 12.8. The highest BCUT2D eigenvalue weighted by atomic mass is 32.2. The summed E-state index contributed by atoms with van der Waals surface area (Å²) < 4.78 is 1.92. The number of imidazole rings is 1. The molecule has 1 atom stereocenters. The number of hydrogen-bond donors (Lipinski definition) is 1. The van der Waals surface area contributed by atoms with Crippen molar-refractivity contribution in [3.8, 4) is 5.69 Å². The molecule has 0 aliphatic carbocycles. The summed E-state index contributed by atoms with van der Waals surface area (Å²) in [4.78, 5) is 21.5. The molecule has 28 heavy (non-hydrogen) atoms. The Balaban J connectivity index is 1.75. The lowest BCUT2D eigenvalue weighted by molar-refractivity contribution is -0.121. The van der Waals surface area contributed by atoms with Gasteiger partial charge in [-0.25, -0.2) is 9.98 Å². The average molecular weight is 391 g/mol. The number of carbonyl (C=O) groups is 1. The summed E-state index contributed by atoms with van der Waals surface area (Å²) in [6, 6.07) is 17.5. The molecule has 0 saturated carbocycles. The normalized spacial score (nSPS) is 12.4. The second-order valence-electron chi connectivity index (χ2n) is 6.08. The first-order valence-corrected chi connectivity index (χ1v) is 10.1. The van der Waals surface area contributed by atoms with Gasteiger partial charge in [-0.3, -0.25) is 4.79 Å².